The summed E-state index contributed by atoms with van der Waals surface area (Å²) in [6.07, 6.45) is 6.14. The minimum absolute atomic E-state index is 0.0763. The Morgan fingerprint density at radius 2 is 1.93 bits per heavy atom. The quantitative estimate of drug-likeness (QED) is 0.770. The third-order valence-corrected chi connectivity index (χ3v) is 3.75. The fourth-order valence-electron chi connectivity index (χ4n) is 2.32. The molecule has 1 rings (SSSR count). The first-order chi connectivity index (χ1) is 7.17. The lowest BCUT2D eigenvalue weighted by Crippen LogP contribution is -2.41. The van der Waals surface area contributed by atoms with Gasteiger partial charge in [0, 0.05) is 6.04 Å². The van der Waals surface area contributed by atoms with E-state index < -0.39 is 0 Å². The number of nitriles is 1. The van der Waals surface area contributed by atoms with E-state index in [4.69, 9.17) is 0 Å². The largest absolute Gasteiger partial charge is 0.299 e. The molecule has 86 valence electrons. The summed E-state index contributed by atoms with van der Waals surface area (Å²) in [7, 11) is 0. The number of hydrogen-bond acceptors (Lipinski definition) is 2. The second-order valence-electron chi connectivity index (χ2n) is 5.10. The minimum atomic E-state index is 0.0763. The zero-order valence-corrected chi connectivity index (χ0v) is 10.3. The Balaban J connectivity index is 2.42. The Morgan fingerprint density at radius 1 is 1.33 bits per heavy atom. The molecule has 1 fully saturated rings. The van der Waals surface area contributed by atoms with Crippen molar-refractivity contribution in [3.63, 3.8) is 0 Å². The van der Waals surface area contributed by atoms with Crippen molar-refractivity contribution in [1.29, 1.82) is 5.26 Å². The van der Waals surface area contributed by atoms with Gasteiger partial charge in [-0.05, 0) is 38.0 Å². The van der Waals surface area contributed by atoms with Crippen LogP contribution >= 0.6 is 0 Å². The van der Waals surface area contributed by atoms with Crippen molar-refractivity contribution in [3.05, 3.63) is 0 Å². The fraction of sp³-hybridized carbons (Fsp3) is 0.923. The van der Waals surface area contributed by atoms with Crippen LogP contribution in [0, 0.1) is 23.2 Å². The van der Waals surface area contributed by atoms with Crippen molar-refractivity contribution in [2.45, 2.75) is 65.0 Å². The molecule has 0 spiro atoms. The van der Waals surface area contributed by atoms with E-state index in [-0.39, 0.29) is 6.04 Å². The summed E-state index contributed by atoms with van der Waals surface area (Å²) >= 11 is 0. The molecule has 1 N–H and O–H groups in total. The van der Waals surface area contributed by atoms with Gasteiger partial charge in [-0.2, -0.15) is 5.26 Å². The van der Waals surface area contributed by atoms with Gasteiger partial charge in [-0.15, -0.1) is 0 Å². The molecule has 2 atom stereocenters. The third kappa shape index (κ3) is 3.83. The van der Waals surface area contributed by atoms with Crippen LogP contribution < -0.4 is 5.32 Å². The monoisotopic (exact) mass is 208 g/mol. The Hall–Kier alpha value is -0.550. The second-order valence-corrected chi connectivity index (χ2v) is 5.10. The van der Waals surface area contributed by atoms with Crippen LogP contribution in [0.2, 0.25) is 0 Å². The Kier molecular flexibility index (Phi) is 5.11. The molecule has 0 bridgehead atoms. The van der Waals surface area contributed by atoms with E-state index >= 15 is 0 Å². The van der Waals surface area contributed by atoms with Crippen molar-refractivity contribution in [3.8, 4) is 6.07 Å². The molecule has 0 radical (unpaired) electrons. The molecule has 0 amide bonds. The Morgan fingerprint density at radius 3 is 2.40 bits per heavy atom. The molecule has 2 unspecified atom stereocenters. The predicted molar refractivity (Wildman–Crippen MR) is 63.4 cm³/mol. The van der Waals surface area contributed by atoms with Crippen LogP contribution in [0.1, 0.15) is 52.9 Å². The van der Waals surface area contributed by atoms with Crippen LogP contribution in [0.3, 0.4) is 0 Å². The molecule has 0 heterocycles. The summed E-state index contributed by atoms with van der Waals surface area (Å²) in [5.74, 6) is 1.45. The van der Waals surface area contributed by atoms with Crippen LogP contribution in [-0.2, 0) is 0 Å². The maximum absolute atomic E-state index is 9.18. The highest BCUT2D eigenvalue weighted by Gasteiger charge is 2.26. The van der Waals surface area contributed by atoms with Gasteiger partial charge in [0.05, 0.1) is 12.1 Å². The molecule has 0 aromatic carbocycles. The molecule has 0 aromatic heterocycles. The van der Waals surface area contributed by atoms with Crippen molar-refractivity contribution < 1.29 is 0 Å². The molecule has 2 heteroatoms. The van der Waals surface area contributed by atoms with Crippen LogP contribution in [0.4, 0.5) is 0 Å². The van der Waals surface area contributed by atoms with Crippen molar-refractivity contribution in [2.75, 3.05) is 0 Å². The maximum Gasteiger partial charge on any atom is 0.0983 e. The number of nitrogens with one attached hydrogen (secondary N) is 1. The van der Waals surface area contributed by atoms with Crippen LogP contribution in [0.25, 0.3) is 0 Å². The fourth-order valence-corrected chi connectivity index (χ4v) is 2.32. The van der Waals surface area contributed by atoms with Crippen molar-refractivity contribution >= 4 is 0 Å². The molecular weight excluding hydrogens is 184 g/mol. The molecule has 1 aliphatic carbocycles. The normalized spacial score (nSPS) is 30.5. The molecular formula is C13H24N2. The first-order valence-corrected chi connectivity index (χ1v) is 6.33. The highest BCUT2D eigenvalue weighted by atomic mass is 14.9. The third-order valence-electron chi connectivity index (χ3n) is 3.75. The summed E-state index contributed by atoms with van der Waals surface area (Å²) < 4.78 is 0. The molecule has 0 aliphatic heterocycles. The van der Waals surface area contributed by atoms with E-state index in [1.807, 2.05) is 0 Å². The molecule has 0 saturated heterocycles. The zero-order valence-electron chi connectivity index (χ0n) is 10.3. The lowest BCUT2D eigenvalue weighted by Gasteiger charge is -2.31. The van der Waals surface area contributed by atoms with E-state index in [1.54, 1.807) is 0 Å². The summed E-state index contributed by atoms with van der Waals surface area (Å²) in [6.45, 7) is 6.64. The standard InChI is InChI=1S/C13H24N2/c1-4-11(3)15-13(9-14)12-7-5-10(2)6-8-12/h10-13,15H,4-8H2,1-3H3. The lowest BCUT2D eigenvalue weighted by atomic mass is 9.79. The lowest BCUT2D eigenvalue weighted by molar-refractivity contribution is 0.246. The van der Waals surface area contributed by atoms with Crippen molar-refractivity contribution in [1.82, 2.24) is 5.32 Å². The van der Waals surface area contributed by atoms with E-state index in [0.717, 1.165) is 12.3 Å². The number of hydrogen-bond donors (Lipinski definition) is 1. The van der Waals surface area contributed by atoms with Gasteiger partial charge in [0.25, 0.3) is 0 Å². The van der Waals surface area contributed by atoms with Gasteiger partial charge in [0.15, 0.2) is 0 Å². The second kappa shape index (κ2) is 6.12. The molecule has 1 saturated carbocycles. The van der Waals surface area contributed by atoms with E-state index in [1.165, 1.54) is 25.7 Å². The minimum Gasteiger partial charge on any atom is -0.299 e. The molecule has 15 heavy (non-hydrogen) atoms. The Labute approximate surface area is 94.1 Å². The SMILES string of the molecule is CCC(C)NC(C#N)C1CCC(C)CC1. The molecule has 2 nitrogen and oxygen atoms in total. The van der Waals surface area contributed by atoms with Crippen LogP contribution in [0.15, 0.2) is 0 Å². The maximum atomic E-state index is 9.18. The molecule has 0 aromatic rings. The Bertz CT molecular complexity index is 211. The highest BCUT2D eigenvalue weighted by molar-refractivity contribution is 4.97. The van der Waals surface area contributed by atoms with Gasteiger partial charge in [0.2, 0.25) is 0 Å². The zero-order chi connectivity index (χ0) is 11.3. The topological polar surface area (TPSA) is 35.8 Å². The van der Waals surface area contributed by atoms with Crippen LogP contribution in [0.5, 0.6) is 0 Å². The number of nitrogens with zero attached hydrogens (tertiary/aromatic N) is 1. The van der Waals surface area contributed by atoms with Crippen molar-refractivity contribution in [2.24, 2.45) is 11.8 Å². The van der Waals surface area contributed by atoms with Gasteiger partial charge >= 0.3 is 0 Å². The van der Waals surface area contributed by atoms with E-state index in [0.29, 0.717) is 12.0 Å². The summed E-state index contributed by atoms with van der Waals surface area (Å²) in [6, 6.07) is 2.98. The summed E-state index contributed by atoms with van der Waals surface area (Å²) in [5.41, 5.74) is 0. The van der Waals surface area contributed by atoms with Gasteiger partial charge in [-0.25, -0.2) is 0 Å². The smallest absolute Gasteiger partial charge is 0.0983 e. The van der Waals surface area contributed by atoms with E-state index in [9.17, 15) is 5.26 Å². The molecule has 1 aliphatic rings. The van der Waals surface area contributed by atoms with Gasteiger partial charge < -0.3 is 0 Å². The van der Waals surface area contributed by atoms with Gasteiger partial charge in [-0.3, -0.25) is 5.32 Å². The highest BCUT2D eigenvalue weighted by Crippen LogP contribution is 2.30. The first kappa shape index (κ1) is 12.5. The summed E-state index contributed by atoms with van der Waals surface area (Å²) in [4.78, 5) is 0. The number of rotatable bonds is 4. The van der Waals surface area contributed by atoms with E-state index in [2.05, 4.69) is 32.2 Å². The van der Waals surface area contributed by atoms with Gasteiger partial charge in [-0.1, -0.05) is 26.7 Å². The average molecular weight is 208 g/mol. The summed E-state index contributed by atoms with van der Waals surface area (Å²) in [5, 5.41) is 12.6. The predicted octanol–water partition coefficient (Wildman–Crippen LogP) is 3.09. The first-order valence-electron chi connectivity index (χ1n) is 6.33. The van der Waals surface area contributed by atoms with Crippen LogP contribution in [-0.4, -0.2) is 12.1 Å². The van der Waals surface area contributed by atoms with Gasteiger partial charge in [0.1, 0.15) is 0 Å². The average Bonchev–Trinajstić information content (AvgIpc) is 2.27.